The molecule has 0 bridgehead atoms. The van der Waals surface area contributed by atoms with Crippen molar-refractivity contribution in [3.8, 4) is 5.88 Å². The minimum Gasteiger partial charge on any atom is -0.474 e. The molecule has 3 rings (SSSR count). The Balaban J connectivity index is 1.69. The van der Waals surface area contributed by atoms with Crippen molar-refractivity contribution >= 4 is 29.1 Å². The number of pyridine rings is 1. The van der Waals surface area contributed by atoms with E-state index in [0.29, 0.717) is 16.8 Å². The van der Waals surface area contributed by atoms with Crippen LogP contribution in [0, 0.1) is 0 Å². The Hall–Kier alpha value is -2.60. The molecular formula is C19H20ClN3O3. The predicted octanol–water partition coefficient (Wildman–Crippen LogP) is 3.67. The van der Waals surface area contributed by atoms with Gasteiger partial charge in [-0.3, -0.25) is 9.59 Å². The highest BCUT2D eigenvalue weighted by Crippen LogP contribution is 2.24. The molecule has 2 amide bonds. The number of anilines is 1. The van der Waals surface area contributed by atoms with Crippen LogP contribution in [0.1, 0.15) is 47.4 Å². The maximum Gasteiger partial charge on any atom is 0.257 e. The number of aromatic nitrogens is 1. The van der Waals surface area contributed by atoms with Crippen molar-refractivity contribution in [3.05, 3.63) is 52.7 Å². The maximum absolute atomic E-state index is 12.4. The second kappa shape index (κ2) is 7.74. The first-order valence-corrected chi connectivity index (χ1v) is 8.84. The number of amides is 2. The van der Waals surface area contributed by atoms with Crippen molar-refractivity contribution < 1.29 is 14.3 Å². The van der Waals surface area contributed by atoms with Crippen LogP contribution in [0.4, 0.5) is 5.69 Å². The fourth-order valence-corrected chi connectivity index (χ4v) is 2.51. The van der Waals surface area contributed by atoms with E-state index < -0.39 is 0 Å². The fraction of sp³-hybridized carbons (Fsp3) is 0.316. The maximum atomic E-state index is 12.4. The molecule has 2 aromatic rings. The van der Waals surface area contributed by atoms with Crippen LogP contribution in [0.25, 0.3) is 0 Å². The van der Waals surface area contributed by atoms with E-state index in [1.165, 1.54) is 12.3 Å². The van der Waals surface area contributed by atoms with Crippen LogP contribution in [0.15, 0.2) is 36.5 Å². The molecule has 0 aliphatic heterocycles. The molecule has 1 aliphatic rings. The topological polar surface area (TPSA) is 80.3 Å². The average molecular weight is 374 g/mol. The van der Waals surface area contributed by atoms with Crippen LogP contribution < -0.4 is 15.4 Å². The lowest BCUT2D eigenvalue weighted by atomic mass is 10.1. The Morgan fingerprint density at radius 1 is 1.19 bits per heavy atom. The van der Waals surface area contributed by atoms with Crippen molar-refractivity contribution in [2.45, 2.75) is 38.8 Å². The molecule has 1 fully saturated rings. The third-order valence-electron chi connectivity index (χ3n) is 3.71. The zero-order valence-electron chi connectivity index (χ0n) is 14.6. The molecule has 0 saturated heterocycles. The minimum atomic E-state index is -0.366. The van der Waals surface area contributed by atoms with Gasteiger partial charge in [-0.1, -0.05) is 17.7 Å². The Labute approximate surface area is 156 Å². The fourth-order valence-electron chi connectivity index (χ4n) is 2.30. The lowest BCUT2D eigenvalue weighted by Crippen LogP contribution is -2.25. The summed E-state index contributed by atoms with van der Waals surface area (Å²) in [5, 5.41) is 5.94. The number of hydrogen-bond donors (Lipinski definition) is 2. The van der Waals surface area contributed by atoms with Gasteiger partial charge in [-0.15, -0.1) is 0 Å². The molecule has 1 aromatic heterocycles. The molecule has 7 heteroatoms. The van der Waals surface area contributed by atoms with Gasteiger partial charge in [0.15, 0.2) is 0 Å². The zero-order valence-corrected chi connectivity index (χ0v) is 15.3. The molecule has 136 valence electrons. The smallest absolute Gasteiger partial charge is 0.257 e. The van der Waals surface area contributed by atoms with Crippen LogP contribution in [0.2, 0.25) is 5.02 Å². The summed E-state index contributed by atoms with van der Waals surface area (Å²) in [4.78, 5) is 28.6. The van der Waals surface area contributed by atoms with E-state index in [1.807, 2.05) is 13.8 Å². The summed E-state index contributed by atoms with van der Waals surface area (Å²) in [6.45, 7) is 3.73. The van der Waals surface area contributed by atoms with Crippen LogP contribution in [0.5, 0.6) is 5.88 Å². The van der Waals surface area contributed by atoms with Crippen LogP contribution in [-0.2, 0) is 0 Å². The molecule has 0 spiro atoms. The van der Waals surface area contributed by atoms with Crippen molar-refractivity contribution in [2.24, 2.45) is 0 Å². The summed E-state index contributed by atoms with van der Waals surface area (Å²) >= 11 is 6.12. The van der Waals surface area contributed by atoms with Crippen molar-refractivity contribution in [1.82, 2.24) is 10.3 Å². The van der Waals surface area contributed by atoms with Gasteiger partial charge in [0.25, 0.3) is 11.8 Å². The standard InChI is InChI=1S/C19H20ClN3O3/c1-11(2)26-19-16(20)9-13(10-21-19)18(25)23-15-5-3-4-12(8-15)17(24)22-14-6-7-14/h3-5,8-11,14H,6-7H2,1-2H3,(H,22,24)(H,23,25). The first-order chi connectivity index (χ1) is 12.4. The summed E-state index contributed by atoms with van der Waals surface area (Å²) in [6, 6.07) is 8.58. The SMILES string of the molecule is CC(C)Oc1ncc(C(=O)Nc2cccc(C(=O)NC3CC3)c2)cc1Cl. The van der Waals surface area contributed by atoms with E-state index in [-0.39, 0.29) is 34.9 Å². The first kappa shape index (κ1) is 18.2. The normalized spacial score (nSPS) is 13.4. The summed E-state index contributed by atoms with van der Waals surface area (Å²) in [6.07, 6.45) is 3.38. The Morgan fingerprint density at radius 3 is 2.62 bits per heavy atom. The van der Waals surface area contributed by atoms with Crippen LogP contribution in [0.3, 0.4) is 0 Å². The number of halogens is 1. The minimum absolute atomic E-state index is 0.0656. The molecule has 2 N–H and O–H groups in total. The highest BCUT2D eigenvalue weighted by atomic mass is 35.5. The van der Waals surface area contributed by atoms with Gasteiger partial charge in [-0.25, -0.2) is 4.98 Å². The van der Waals surface area contributed by atoms with Gasteiger partial charge in [0.05, 0.1) is 11.7 Å². The Bertz CT molecular complexity index is 835. The molecule has 0 unspecified atom stereocenters. The summed E-state index contributed by atoms with van der Waals surface area (Å²) < 4.78 is 5.46. The number of carbonyl (C=O) groups excluding carboxylic acids is 2. The molecule has 1 heterocycles. The van der Waals surface area contributed by atoms with Gasteiger partial charge in [0, 0.05) is 23.5 Å². The summed E-state index contributed by atoms with van der Waals surface area (Å²) in [5.41, 5.74) is 1.34. The zero-order chi connectivity index (χ0) is 18.7. The molecule has 6 nitrogen and oxygen atoms in total. The number of benzene rings is 1. The van der Waals surface area contributed by atoms with E-state index >= 15 is 0 Å². The quantitative estimate of drug-likeness (QED) is 0.809. The Morgan fingerprint density at radius 2 is 1.96 bits per heavy atom. The van der Waals surface area contributed by atoms with Gasteiger partial charge in [0.2, 0.25) is 5.88 Å². The second-order valence-corrected chi connectivity index (χ2v) is 6.87. The third kappa shape index (κ3) is 4.73. The van der Waals surface area contributed by atoms with Gasteiger partial charge >= 0.3 is 0 Å². The highest BCUT2D eigenvalue weighted by Gasteiger charge is 2.23. The molecule has 1 saturated carbocycles. The third-order valence-corrected chi connectivity index (χ3v) is 3.98. The summed E-state index contributed by atoms with van der Waals surface area (Å²) in [7, 11) is 0. The number of nitrogens with zero attached hydrogens (tertiary/aromatic N) is 1. The van der Waals surface area contributed by atoms with Crippen LogP contribution >= 0.6 is 11.6 Å². The number of ether oxygens (including phenoxy) is 1. The van der Waals surface area contributed by atoms with E-state index in [4.69, 9.17) is 16.3 Å². The number of rotatable bonds is 6. The number of carbonyl (C=O) groups is 2. The average Bonchev–Trinajstić information content (AvgIpc) is 3.40. The lowest BCUT2D eigenvalue weighted by Gasteiger charge is -2.11. The molecule has 1 aromatic carbocycles. The van der Waals surface area contributed by atoms with Crippen LogP contribution in [-0.4, -0.2) is 28.9 Å². The van der Waals surface area contributed by atoms with E-state index in [2.05, 4.69) is 15.6 Å². The van der Waals surface area contributed by atoms with Gasteiger partial charge in [0.1, 0.15) is 5.02 Å². The van der Waals surface area contributed by atoms with E-state index in [9.17, 15) is 9.59 Å². The van der Waals surface area contributed by atoms with Crippen molar-refractivity contribution in [3.63, 3.8) is 0 Å². The van der Waals surface area contributed by atoms with Crippen molar-refractivity contribution in [1.29, 1.82) is 0 Å². The number of hydrogen-bond acceptors (Lipinski definition) is 4. The lowest BCUT2D eigenvalue weighted by molar-refractivity contribution is 0.0949. The Kier molecular flexibility index (Phi) is 5.42. The molecular weight excluding hydrogens is 354 g/mol. The number of nitrogens with one attached hydrogen (secondary N) is 2. The molecule has 26 heavy (non-hydrogen) atoms. The monoisotopic (exact) mass is 373 g/mol. The van der Waals surface area contributed by atoms with Gasteiger partial charge < -0.3 is 15.4 Å². The van der Waals surface area contributed by atoms with Gasteiger partial charge in [-0.05, 0) is 51.0 Å². The van der Waals surface area contributed by atoms with Gasteiger partial charge in [-0.2, -0.15) is 0 Å². The highest BCUT2D eigenvalue weighted by molar-refractivity contribution is 6.32. The molecule has 1 aliphatic carbocycles. The largest absolute Gasteiger partial charge is 0.474 e. The molecule has 0 radical (unpaired) electrons. The van der Waals surface area contributed by atoms with E-state index in [0.717, 1.165) is 12.8 Å². The second-order valence-electron chi connectivity index (χ2n) is 6.46. The first-order valence-electron chi connectivity index (χ1n) is 8.47. The molecule has 0 atom stereocenters. The summed E-state index contributed by atoms with van der Waals surface area (Å²) in [5.74, 6) is -0.212. The predicted molar refractivity (Wildman–Crippen MR) is 99.9 cm³/mol. The van der Waals surface area contributed by atoms with E-state index in [1.54, 1.807) is 24.3 Å². The van der Waals surface area contributed by atoms with Crippen molar-refractivity contribution in [2.75, 3.05) is 5.32 Å².